The molecule has 2 aromatic carbocycles. The molecule has 26 heavy (non-hydrogen) atoms. The molecule has 2 aromatic rings. The van der Waals surface area contributed by atoms with Gasteiger partial charge in [0.15, 0.2) is 7.14 Å². The van der Waals surface area contributed by atoms with E-state index < -0.39 is 23.1 Å². The summed E-state index contributed by atoms with van der Waals surface area (Å²) in [5.41, 5.74) is 0. The van der Waals surface area contributed by atoms with Crippen LogP contribution in [0, 0.1) is 0 Å². The summed E-state index contributed by atoms with van der Waals surface area (Å²) in [6.07, 6.45) is 0. The van der Waals surface area contributed by atoms with Crippen LogP contribution in [-0.2, 0) is 19.5 Å². The van der Waals surface area contributed by atoms with Crippen molar-refractivity contribution in [3.8, 4) is 0 Å². The summed E-state index contributed by atoms with van der Waals surface area (Å²) < 4.78 is 48.8. The Balaban J connectivity index is 1.96. The van der Waals surface area contributed by atoms with E-state index >= 15 is 0 Å². The lowest BCUT2D eigenvalue weighted by atomic mass is 10.4. The van der Waals surface area contributed by atoms with E-state index in [2.05, 4.69) is 4.72 Å². The van der Waals surface area contributed by atoms with E-state index in [-0.39, 0.29) is 0 Å². The smallest absolute Gasteiger partial charge is 0.280 e. The van der Waals surface area contributed by atoms with Crippen LogP contribution in [-0.4, -0.2) is 44.8 Å². The van der Waals surface area contributed by atoms with Crippen LogP contribution in [0.2, 0.25) is 0 Å². The van der Waals surface area contributed by atoms with Gasteiger partial charge in [0.25, 0.3) is 10.2 Å². The van der Waals surface area contributed by atoms with E-state index in [1.165, 1.54) is 4.31 Å². The molecule has 6 nitrogen and oxygen atoms in total. The largest absolute Gasteiger partial charge is 0.379 e. The van der Waals surface area contributed by atoms with Gasteiger partial charge in [0, 0.05) is 23.7 Å². The lowest BCUT2D eigenvalue weighted by Crippen LogP contribution is -2.50. The van der Waals surface area contributed by atoms with Gasteiger partial charge in [-0.05, 0) is 6.92 Å². The van der Waals surface area contributed by atoms with Crippen molar-refractivity contribution in [2.75, 3.05) is 26.3 Å². The fourth-order valence-electron chi connectivity index (χ4n) is 3.05. The standard InChI is InChI=1S/C18H23N2O4PS/c1-16(19-26(22,23)20-12-14-24-15-13-20)25(21,17-8-4-2-5-9-17)18-10-6-3-7-11-18/h2-11,16,19H,12-15H2,1H3. The molecular formula is C18H23N2O4PS. The van der Waals surface area contributed by atoms with E-state index in [1.54, 1.807) is 31.2 Å². The number of hydrogen-bond acceptors (Lipinski definition) is 4. The summed E-state index contributed by atoms with van der Waals surface area (Å²) in [6.45, 7) is 2.99. The number of hydrogen-bond donors (Lipinski definition) is 1. The number of rotatable bonds is 6. The van der Waals surface area contributed by atoms with Gasteiger partial charge in [-0.15, -0.1) is 0 Å². The topological polar surface area (TPSA) is 75.7 Å². The minimum atomic E-state index is -3.75. The van der Waals surface area contributed by atoms with Crippen molar-refractivity contribution in [2.45, 2.75) is 12.7 Å². The summed E-state index contributed by atoms with van der Waals surface area (Å²) in [4.78, 5) is 0. The minimum absolute atomic E-state index is 0.295. The van der Waals surface area contributed by atoms with E-state index in [4.69, 9.17) is 4.74 Å². The molecule has 0 spiro atoms. The number of benzene rings is 2. The third kappa shape index (κ3) is 3.92. The van der Waals surface area contributed by atoms with Crippen LogP contribution < -0.4 is 15.3 Å². The normalized spacial score (nSPS) is 17.7. The van der Waals surface area contributed by atoms with E-state index in [1.807, 2.05) is 36.4 Å². The third-order valence-corrected chi connectivity index (χ3v) is 9.68. The summed E-state index contributed by atoms with van der Waals surface area (Å²) in [5, 5.41) is 1.26. The number of nitrogens with one attached hydrogen (secondary N) is 1. The molecule has 0 saturated carbocycles. The first-order chi connectivity index (χ1) is 12.4. The van der Waals surface area contributed by atoms with Gasteiger partial charge in [-0.25, -0.2) is 0 Å². The molecule has 1 N–H and O–H groups in total. The SMILES string of the molecule is CC(NS(=O)(=O)N1CCOCC1)P(=O)(c1ccccc1)c1ccccc1. The maximum absolute atomic E-state index is 14.1. The zero-order chi connectivity index (χ0) is 18.6. The first-order valence-electron chi connectivity index (χ1n) is 8.51. The second-order valence-electron chi connectivity index (χ2n) is 6.14. The predicted octanol–water partition coefficient (Wildman–Crippen LogP) is 1.51. The second kappa shape index (κ2) is 8.03. The van der Waals surface area contributed by atoms with E-state index in [0.29, 0.717) is 36.9 Å². The molecule has 140 valence electrons. The molecule has 0 bridgehead atoms. The van der Waals surface area contributed by atoms with Crippen molar-refractivity contribution < 1.29 is 17.7 Å². The summed E-state index contributed by atoms with van der Waals surface area (Å²) >= 11 is 0. The Labute approximate surface area is 154 Å². The van der Waals surface area contributed by atoms with Crippen LogP contribution in [0.4, 0.5) is 0 Å². The fraction of sp³-hybridized carbons (Fsp3) is 0.333. The fourth-order valence-corrected chi connectivity index (χ4v) is 7.67. The average molecular weight is 394 g/mol. The minimum Gasteiger partial charge on any atom is -0.379 e. The van der Waals surface area contributed by atoms with Crippen molar-refractivity contribution in [3.05, 3.63) is 60.7 Å². The highest BCUT2D eigenvalue weighted by Crippen LogP contribution is 2.47. The van der Waals surface area contributed by atoms with Crippen molar-refractivity contribution in [1.29, 1.82) is 0 Å². The molecule has 0 aliphatic carbocycles. The number of morpholine rings is 1. The van der Waals surface area contributed by atoms with Gasteiger partial charge < -0.3 is 9.30 Å². The van der Waals surface area contributed by atoms with Gasteiger partial charge in [0.1, 0.15) is 0 Å². The Morgan fingerprint density at radius 1 is 0.962 bits per heavy atom. The lowest BCUT2D eigenvalue weighted by molar-refractivity contribution is 0.0724. The summed E-state index contributed by atoms with van der Waals surface area (Å²) in [7, 11) is -6.96. The quantitative estimate of drug-likeness (QED) is 0.754. The van der Waals surface area contributed by atoms with Crippen LogP contribution in [0.25, 0.3) is 0 Å². The van der Waals surface area contributed by atoms with Gasteiger partial charge in [-0.3, -0.25) is 0 Å². The van der Waals surface area contributed by atoms with Crippen LogP contribution in [0.5, 0.6) is 0 Å². The van der Waals surface area contributed by atoms with Crippen LogP contribution in [0.15, 0.2) is 60.7 Å². The van der Waals surface area contributed by atoms with Crippen molar-refractivity contribution >= 4 is 28.0 Å². The second-order valence-corrected chi connectivity index (χ2v) is 11.0. The Morgan fingerprint density at radius 3 is 1.88 bits per heavy atom. The Hall–Kier alpha value is -1.50. The number of ether oxygens (including phenoxy) is 1. The molecular weight excluding hydrogens is 371 g/mol. The van der Waals surface area contributed by atoms with Crippen LogP contribution in [0.1, 0.15) is 6.92 Å². The summed E-state index contributed by atoms with van der Waals surface area (Å²) in [6, 6.07) is 18.1. The molecule has 1 aliphatic heterocycles. The van der Waals surface area contributed by atoms with Crippen LogP contribution >= 0.6 is 7.14 Å². The molecule has 0 aromatic heterocycles. The molecule has 3 rings (SSSR count). The van der Waals surface area contributed by atoms with Gasteiger partial charge in [-0.1, -0.05) is 60.7 Å². The molecule has 1 unspecified atom stereocenters. The first-order valence-corrected chi connectivity index (χ1v) is 11.7. The summed E-state index contributed by atoms with van der Waals surface area (Å²) in [5.74, 6) is -0.778. The molecule has 8 heteroatoms. The third-order valence-electron chi connectivity index (χ3n) is 4.45. The Morgan fingerprint density at radius 2 is 1.42 bits per heavy atom. The van der Waals surface area contributed by atoms with Crippen molar-refractivity contribution in [3.63, 3.8) is 0 Å². The molecule has 0 radical (unpaired) electrons. The maximum atomic E-state index is 14.1. The van der Waals surface area contributed by atoms with Crippen LogP contribution in [0.3, 0.4) is 0 Å². The van der Waals surface area contributed by atoms with E-state index in [9.17, 15) is 13.0 Å². The lowest BCUT2D eigenvalue weighted by Gasteiger charge is -2.31. The number of nitrogens with zero attached hydrogens (tertiary/aromatic N) is 1. The predicted molar refractivity (Wildman–Crippen MR) is 104 cm³/mol. The molecule has 1 fully saturated rings. The zero-order valence-corrected chi connectivity index (χ0v) is 16.3. The highest BCUT2D eigenvalue weighted by atomic mass is 32.2. The molecule has 0 amide bonds. The monoisotopic (exact) mass is 394 g/mol. The van der Waals surface area contributed by atoms with Gasteiger partial charge >= 0.3 is 0 Å². The van der Waals surface area contributed by atoms with Gasteiger partial charge in [-0.2, -0.15) is 17.4 Å². The van der Waals surface area contributed by atoms with Gasteiger partial charge in [0.2, 0.25) is 0 Å². The molecule has 1 saturated heterocycles. The highest BCUT2D eigenvalue weighted by molar-refractivity contribution is 7.88. The van der Waals surface area contributed by atoms with Crippen molar-refractivity contribution in [2.24, 2.45) is 0 Å². The highest BCUT2D eigenvalue weighted by Gasteiger charge is 2.37. The Kier molecular flexibility index (Phi) is 5.95. The zero-order valence-electron chi connectivity index (χ0n) is 14.6. The Bertz CT molecular complexity index is 825. The molecule has 1 aliphatic rings. The average Bonchev–Trinajstić information content (AvgIpc) is 2.69. The first kappa shape index (κ1) is 19.3. The molecule has 1 heterocycles. The van der Waals surface area contributed by atoms with Crippen molar-refractivity contribution in [1.82, 2.24) is 9.03 Å². The van der Waals surface area contributed by atoms with Gasteiger partial charge in [0.05, 0.1) is 19.0 Å². The van der Waals surface area contributed by atoms with E-state index in [0.717, 1.165) is 0 Å². The molecule has 1 atom stereocenters. The maximum Gasteiger partial charge on any atom is 0.280 e.